The van der Waals surface area contributed by atoms with E-state index < -0.39 is 0 Å². The zero-order valence-electron chi connectivity index (χ0n) is 10.1. The number of ether oxygens (including phenoxy) is 1. The minimum Gasteiger partial charge on any atom is -0.497 e. The van der Waals surface area contributed by atoms with E-state index in [9.17, 15) is 0 Å². The highest BCUT2D eigenvalue weighted by Gasteiger charge is 2.08. The Labute approximate surface area is 130 Å². The molecule has 0 radical (unpaired) electrons. The molecule has 18 heavy (non-hydrogen) atoms. The Morgan fingerprint density at radius 3 is 2.50 bits per heavy atom. The minimum atomic E-state index is 0.348. The normalized spacial score (nSPS) is 12.2. The summed E-state index contributed by atoms with van der Waals surface area (Å²) in [7, 11) is 1.69. The van der Waals surface area contributed by atoms with Crippen molar-refractivity contribution >= 4 is 38.5 Å². The smallest absolute Gasteiger partial charge is 0.118 e. The summed E-state index contributed by atoms with van der Waals surface area (Å²) in [5.41, 5.74) is 2.62. The van der Waals surface area contributed by atoms with Crippen LogP contribution in [0.5, 0.6) is 5.75 Å². The predicted molar refractivity (Wildman–Crippen MR) is 87.5 cm³/mol. The fraction of sp³-hybridized carbons (Fsp3) is 0.200. The maximum absolute atomic E-state index is 5.16. The van der Waals surface area contributed by atoms with Crippen LogP contribution in [0.25, 0.3) is 0 Å². The van der Waals surface area contributed by atoms with Gasteiger partial charge in [0.2, 0.25) is 0 Å². The first-order valence-electron chi connectivity index (χ1n) is 5.71. The first-order valence-corrected chi connectivity index (χ1v) is 7.71. The molecule has 1 unspecified atom stereocenters. The standard InChI is InChI=1S/C15H14BrIO/c1-18-14-7-5-11(6-8-14)9-15(16)12-3-2-4-13(17)10-12/h2-8,10,15H,9H2,1H3. The van der Waals surface area contributed by atoms with Gasteiger partial charge in [-0.1, -0.05) is 40.2 Å². The molecular formula is C15H14BrIO. The molecule has 3 heteroatoms. The lowest BCUT2D eigenvalue weighted by molar-refractivity contribution is 0.414. The number of hydrogen-bond acceptors (Lipinski definition) is 1. The van der Waals surface area contributed by atoms with Crippen LogP contribution in [0.1, 0.15) is 16.0 Å². The van der Waals surface area contributed by atoms with Crippen molar-refractivity contribution in [3.05, 3.63) is 63.2 Å². The molecule has 0 saturated heterocycles. The van der Waals surface area contributed by atoms with Gasteiger partial charge in [-0.3, -0.25) is 0 Å². The SMILES string of the molecule is COc1ccc(CC(Br)c2cccc(I)c2)cc1. The Morgan fingerprint density at radius 2 is 1.89 bits per heavy atom. The molecule has 0 N–H and O–H groups in total. The van der Waals surface area contributed by atoms with Crippen LogP contribution in [0.4, 0.5) is 0 Å². The number of halogens is 2. The molecule has 0 aliphatic heterocycles. The zero-order chi connectivity index (χ0) is 13.0. The van der Waals surface area contributed by atoms with Crippen molar-refractivity contribution in [2.75, 3.05) is 7.11 Å². The van der Waals surface area contributed by atoms with E-state index in [-0.39, 0.29) is 0 Å². The van der Waals surface area contributed by atoms with E-state index in [0.29, 0.717) is 4.83 Å². The monoisotopic (exact) mass is 416 g/mol. The summed E-state index contributed by atoms with van der Waals surface area (Å²) in [6.45, 7) is 0. The second-order valence-corrected chi connectivity index (χ2v) is 6.43. The van der Waals surface area contributed by atoms with E-state index in [0.717, 1.165) is 12.2 Å². The maximum Gasteiger partial charge on any atom is 0.118 e. The van der Waals surface area contributed by atoms with Crippen LogP contribution >= 0.6 is 38.5 Å². The fourth-order valence-electron chi connectivity index (χ4n) is 1.79. The average Bonchev–Trinajstić information content (AvgIpc) is 2.39. The molecule has 2 aromatic carbocycles. The molecule has 0 aliphatic rings. The lowest BCUT2D eigenvalue weighted by atomic mass is 10.0. The summed E-state index contributed by atoms with van der Waals surface area (Å²) in [4.78, 5) is 0.348. The Kier molecular flexibility index (Phi) is 5.06. The first-order chi connectivity index (χ1) is 8.69. The molecule has 94 valence electrons. The van der Waals surface area contributed by atoms with Crippen LogP contribution in [-0.4, -0.2) is 7.11 Å². The van der Waals surface area contributed by atoms with Gasteiger partial charge in [0, 0.05) is 8.40 Å². The predicted octanol–water partition coefficient (Wildman–Crippen LogP) is 4.98. The van der Waals surface area contributed by atoms with E-state index in [4.69, 9.17) is 4.74 Å². The van der Waals surface area contributed by atoms with Gasteiger partial charge in [0.1, 0.15) is 5.75 Å². The Bertz CT molecular complexity index is 510. The van der Waals surface area contributed by atoms with E-state index in [2.05, 4.69) is 74.9 Å². The number of hydrogen-bond donors (Lipinski definition) is 0. The van der Waals surface area contributed by atoms with Gasteiger partial charge in [-0.2, -0.15) is 0 Å². The summed E-state index contributed by atoms with van der Waals surface area (Å²) in [5.74, 6) is 0.902. The Hall–Kier alpha value is -0.550. The molecule has 0 bridgehead atoms. The van der Waals surface area contributed by atoms with Gasteiger partial charge in [-0.05, 0) is 64.4 Å². The highest BCUT2D eigenvalue weighted by atomic mass is 127. The van der Waals surface area contributed by atoms with Crippen LogP contribution in [-0.2, 0) is 6.42 Å². The minimum absolute atomic E-state index is 0.348. The molecule has 0 spiro atoms. The van der Waals surface area contributed by atoms with E-state index >= 15 is 0 Å². The third-order valence-corrected chi connectivity index (χ3v) is 4.31. The van der Waals surface area contributed by atoms with Crippen LogP contribution in [0.15, 0.2) is 48.5 Å². The van der Waals surface area contributed by atoms with Crippen LogP contribution < -0.4 is 4.74 Å². The summed E-state index contributed by atoms with van der Waals surface area (Å²) < 4.78 is 6.43. The topological polar surface area (TPSA) is 9.23 Å². The van der Waals surface area contributed by atoms with Crippen molar-refractivity contribution in [2.45, 2.75) is 11.2 Å². The summed E-state index contributed by atoms with van der Waals surface area (Å²) in [6, 6.07) is 16.8. The summed E-state index contributed by atoms with van der Waals surface area (Å²) in [6.07, 6.45) is 0.976. The van der Waals surface area contributed by atoms with Gasteiger partial charge in [0.05, 0.1) is 7.11 Å². The number of alkyl halides is 1. The van der Waals surface area contributed by atoms with Crippen molar-refractivity contribution < 1.29 is 4.74 Å². The van der Waals surface area contributed by atoms with Gasteiger partial charge in [0.25, 0.3) is 0 Å². The van der Waals surface area contributed by atoms with E-state index in [1.807, 2.05) is 12.1 Å². The van der Waals surface area contributed by atoms with Crippen molar-refractivity contribution in [3.63, 3.8) is 0 Å². The first kappa shape index (κ1) is 13.9. The second kappa shape index (κ2) is 6.57. The largest absolute Gasteiger partial charge is 0.497 e. The van der Waals surface area contributed by atoms with Crippen molar-refractivity contribution in [2.24, 2.45) is 0 Å². The Morgan fingerprint density at radius 1 is 1.17 bits per heavy atom. The van der Waals surface area contributed by atoms with Gasteiger partial charge < -0.3 is 4.74 Å². The van der Waals surface area contributed by atoms with Gasteiger partial charge >= 0.3 is 0 Å². The molecule has 0 fully saturated rings. The number of rotatable bonds is 4. The van der Waals surface area contributed by atoms with E-state index in [1.165, 1.54) is 14.7 Å². The van der Waals surface area contributed by atoms with Gasteiger partial charge in [0.15, 0.2) is 0 Å². The molecule has 0 aromatic heterocycles. The summed E-state index contributed by atoms with van der Waals surface area (Å²) in [5, 5.41) is 0. The summed E-state index contributed by atoms with van der Waals surface area (Å²) >= 11 is 6.10. The van der Waals surface area contributed by atoms with Gasteiger partial charge in [-0.25, -0.2) is 0 Å². The molecule has 1 nitrogen and oxygen atoms in total. The highest BCUT2D eigenvalue weighted by Crippen LogP contribution is 2.28. The van der Waals surface area contributed by atoms with Crippen LogP contribution in [0.2, 0.25) is 0 Å². The number of methoxy groups -OCH3 is 1. The van der Waals surface area contributed by atoms with Gasteiger partial charge in [-0.15, -0.1) is 0 Å². The molecule has 0 saturated carbocycles. The third-order valence-electron chi connectivity index (χ3n) is 2.78. The highest BCUT2D eigenvalue weighted by molar-refractivity contribution is 14.1. The average molecular weight is 417 g/mol. The quantitative estimate of drug-likeness (QED) is 0.504. The fourth-order valence-corrected chi connectivity index (χ4v) is 3.01. The molecule has 2 aromatic rings. The lowest BCUT2D eigenvalue weighted by Gasteiger charge is -2.11. The molecule has 0 amide bonds. The van der Waals surface area contributed by atoms with E-state index in [1.54, 1.807) is 7.11 Å². The van der Waals surface area contributed by atoms with Crippen molar-refractivity contribution in [1.29, 1.82) is 0 Å². The third kappa shape index (κ3) is 3.72. The number of benzene rings is 2. The van der Waals surface area contributed by atoms with Crippen molar-refractivity contribution in [1.82, 2.24) is 0 Å². The molecule has 0 aliphatic carbocycles. The molecule has 2 rings (SSSR count). The Balaban J connectivity index is 2.08. The zero-order valence-corrected chi connectivity index (χ0v) is 13.8. The maximum atomic E-state index is 5.16. The van der Waals surface area contributed by atoms with Crippen LogP contribution in [0.3, 0.4) is 0 Å². The molecular weight excluding hydrogens is 403 g/mol. The second-order valence-electron chi connectivity index (χ2n) is 4.07. The van der Waals surface area contributed by atoms with Crippen LogP contribution in [0, 0.1) is 3.57 Å². The van der Waals surface area contributed by atoms with Crippen molar-refractivity contribution in [3.8, 4) is 5.75 Å². The lowest BCUT2D eigenvalue weighted by Crippen LogP contribution is -1.96. The molecule has 0 heterocycles. The molecule has 1 atom stereocenters.